The van der Waals surface area contributed by atoms with Crippen molar-refractivity contribution in [1.29, 1.82) is 0 Å². The third-order valence-corrected chi connectivity index (χ3v) is 2.20. The van der Waals surface area contributed by atoms with Crippen LogP contribution in [0.2, 0.25) is 0 Å². The van der Waals surface area contributed by atoms with Gasteiger partial charge in [0, 0.05) is 5.56 Å². The molecule has 1 N–H and O–H groups in total. The summed E-state index contributed by atoms with van der Waals surface area (Å²) in [5.41, 5.74) is 1.73. The fraction of sp³-hybridized carbons (Fsp3) is 0.333. The minimum Gasteiger partial charge on any atom is -0.496 e. The number of methoxy groups -OCH3 is 2. The number of hydrogen-bond donors (Lipinski definition) is 1. The Kier molecular flexibility index (Phi) is 4.18. The maximum Gasteiger partial charge on any atom is 0.126 e. The molecule has 0 unspecified atom stereocenters. The summed E-state index contributed by atoms with van der Waals surface area (Å²) in [5.74, 6) is 1.44. The number of aliphatic hydroxyl groups is 1. The zero-order valence-electron chi connectivity index (χ0n) is 9.12. The van der Waals surface area contributed by atoms with Gasteiger partial charge in [-0.25, -0.2) is 0 Å². The zero-order valence-corrected chi connectivity index (χ0v) is 9.12. The zero-order chi connectivity index (χ0) is 11.3. The van der Waals surface area contributed by atoms with Crippen LogP contribution < -0.4 is 9.47 Å². The van der Waals surface area contributed by atoms with Gasteiger partial charge in [-0.1, -0.05) is 6.08 Å². The number of aliphatic hydroxyl groups excluding tert-OH is 1. The van der Waals surface area contributed by atoms with Crippen LogP contribution in [0.5, 0.6) is 11.5 Å². The van der Waals surface area contributed by atoms with Crippen molar-refractivity contribution in [3.8, 4) is 11.5 Å². The monoisotopic (exact) mass is 208 g/mol. The van der Waals surface area contributed by atoms with Gasteiger partial charge in [0.05, 0.1) is 20.8 Å². The molecule has 0 radical (unpaired) electrons. The summed E-state index contributed by atoms with van der Waals surface area (Å²) in [6.45, 7) is 3.66. The van der Waals surface area contributed by atoms with Crippen LogP contribution in [-0.4, -0.2) is 19.3 Å². The van der Waals surface area contributed by atoms with E-state index in [0.717, 1.165) is 22.6 Å². The second kappa shape index (κ2) is 5.41. The largest absolute Gasteiger partial charge is 0.496 e. The number of benzene rings is 1. The minimum atomic E-state index is -0.0267. The van der Waals surface area contributed by atoms with Crippen LogP contribution >= 0.6 is 0 Å². The molecule has 1 aromatic carbocycles. The molecule has 0 aliphatic rings. The molecule has 1 rings (SSSR count). The van der Waals surface area contributed by atoms with Crippen molar-refractivity contribution in [3.63, 3.8) is 0 Å². The van der Waals surface area contributed by atoms with Gasteiger partial charge in [0.25, 0.3) is 0 Å². The van der Waals surface area contributed by atoms with Crippen LogP contribution in [-0.2, 0) is 13.0 Å². The third kappa shape index (κ3) is 2.50. The van der Waals surface area contributed by atoms with Crippen LogP contribution in [0.15, 0.2) is 24.8 Å². The molecule has 0 aliphatic carbocycles. The Balaban J connectivity index is 3.25. The lowest BCUT2D eigenvalue weighted by atomic mass is 10.1. The number of ether oxygens (including phenoxy) is 2. The standard InChI is InChI=1S/C12H16O3/c1-4-5-10-11(14-2)6-9(8-13)7-12(10)15-3/h4,6-7,13H,1,5,8H2,2-3H3. The molecule has 0 heterocycles. The molecule has 0 bridgehead atoms. The predicted molar refractivity (Wildman–Crippen MR) is 59.4 cm³/mol. The van der Waals surface area contributed by atoms with Gasteiger partial charge in [-0.2, -0.15) is 0 Å². The summed E-state index contributed by atoms with van der Waals surface area (Å²) in [7, 11) is 3.20. The van der Waals surface area contributed by atoms with Gasteiger partial charge in [-0.3, -0.25) is 0 Å². The SMILES string of the molecule is C=CCc1c(OC)cc(CO)cc1OC. The van der Waals surface area contributed by atoms with Crippen molar-refractivity contribution in [2.45, 2.75) is 13.0 Å². The van der Waals surface area contributed by atoms with E-state index in [1.54, 1.807) is 32.4 Å². The van der Waals surface area contributed by atoms with Crippen molar-refractivity contribution in [1.82, 2.24) is 0 Å². The van der Waals surface area contributed by atoms with Gasteiger partial charge in [0.15, 0.2) is 0 Å². The van der Waals surface area contributed by atoms with E-state index in [2.05, 4.69) is 6.58 Å². The average molecular weight is 208 g/mol. The fourth-order valence-electron chi connectivity index (χ4n) is 1.48. The predicted octanol–water partition coefficient (Wildman–Crippen LogP) is 1.92. The van der Waals surface area contributed by atoms with E-state index in [9.17, 15) is 0 Å². The summed E-state index contributed by atoms with van der Waals surface area (Å²) >= 11 is 0. The molecule has 0 saturated heterocycles. The van der Waals surface area contributed by atoms with E-state index in [-0.39, 0.29) is 6.61 Å². The molecular formula is C12H16O3. The smallest absolute Gasteiger partial charge is 0.126 e. The average Bonchev–Trinajstić information content (AvgIpc) is 2.29. The molecule has 15 heavy (non-hydrogen) atoms. The molecule has 3 heteroatoms. The first-order valence-corrected chi connectivity index (χ1v) is 4.72. The highest BCUT2D eigenvalue weighted by Crippen LogP contribution is 2.31. The number of allylic oxidation sites excluding steroid dienone is 1. The number of hydrogen-bond acceptors (Lipinski definition) is 3. The number of rotatable bonds is 5. The Labute approximate surface area is 90.0 Å². The van der Waals surface area contributed by atoms with Crippen molar-refractivity contribution in [2.24, 2.45) is 0 Å². The Hall–Kier alpha value is -1.48. The Morgan fingerprint density at radius 3 is 2.13 bits per heavy atom. The van der Waals surface area contributed by atoms with Crippen molar-refractivity contribution in [3.05, 3.63) is 35.9 Å². The summed E-state index contributed by atoms with van der Waals surface area (Å²) in [4.78, 5) is 0. The lowest BCUT2D eigenvalue weighted by molar-refractivity contribution is 0.279. The summed E-state index contributed by atoms with van der Waals surface area (Å²) in [6, 6.07) is 3.61. The Bertz CT molecular complexity index is 320. The van der Waals surface area contributed by atoms with Gasteiger partial charge in [-0.05, 0) is 24.1 Å². The van der Waals surface area contributed by atoms with Gasteiger partial charge in [-0.15, -0.1) is 6.58 Å². The van der Waals surface area contributed by atoms with Crippen molar-refractivity contribution < 1.29 is 14.6 Å². The quantitative estimate of drug-likeness (QED) is 0.751. The highest BCUT2D eigenvalue weighted by atomic mass is 16.5. The fourth-order valence-corrected chi connectivity index (χ4v) is 1.48. The molecule has 1 aromatic rings. The molecule has 3 nitrogen and oxygen atoms in total. The van der Waals surface area contributed by atoms with Crippen LogP contribution in [0, 0.1) is 0 Å². The van der Waals surface area contributed by atoms with Gasteiger partial charge < -0.3 is 14.6 Å². The molecule has 0 saturated carbocycles. The molecule has 0 aromatic heterocycles. The first kappa shape index (κ1) is 11.6. The normalized spacial score (nSPS) is 9.80. The highest BCUT2D eigenvalue weighted by molar-refractivity contribution is 5.48. The van der Waals surface area contributed by atoms with Crippen LogP contribution in [0.4, 0.5) is 0 Å². The molecular weight excluding hydrogens is 192 g/mol. The highest BCUT2D eigenvalue weighted by Gasteiger charge is 2.10. The van der Waals surface area contributed by atoms with Gasteiger partial charge in [0.1, 0.15) is 11.5 Å². The molecule has 0 fully saturated rings. The van der Waals surface area contributed by atoms with E-state index < -0.39 is 0 Å². The van der Waals surface area contributed by atoms with Crippen LogP contribution in [0.3, 0.4) is 0 Å². The van der Waals surface area contributed by atoms with Crippen molar-refractivity contribution >= 4 is 0 Å². The van der Waals surface area contributed by atoms with E-state index in [0.29, 0.717) is 6.42 Å². The maximum absolute atomic E-state index is 9.07. The maximum atomic E-state index is 9.07. The Morgan fingerprint density at radius 2 is 1.80 bits per heavy atom. The second-order valence-corrected chi connectivity index (χ2v) is 3.13. The molecule has 0 aliphatic heterocycles. The van der Waals surface area contributed by atoms with Crippen molar-refractivity contribution in [2.75, 3.05) is 14.2 Å². The van der Waals surface area contributed by atoms with Crippen LogP contribution in [0.1, 0.15) is 11.1 Å². The topological polar surface area (TPSA) is 38.7 Å². The first-order valence-electron chi connectivity index (χ1n) is 4.72. The van der Waals surface area contributed by atoms with E-state index in [1.807, 2.05) is 0 Å². The summed E-state index contributed by atoms with van der Waals surface area (Å²) in [6.07, 6.45) is 2.47. The summed E-state index contributed by atoms with van der Waals surface area (Å²) < 4.78 is 10.5. The molecule has 0 atom stereocenters. The van der Waals surface area contributed by atoms with Gasteiger partial charge >= 0.3 is 0 Å². The van der Waals surface area contributed by atoms with Gasteiger partial charge in [0.2, 0.25) is 0 Å². The lowest BCUT2D eigenvalue weighted by Crippen LogP contribution is -1.98. The third-order valence-electron chi connectivity index (χ3n) is 2.20. The van der Waals surface area contributed by atoms with E-state index in [1.165, 1.54) is 0 Å². The molecule has 0 spiro atoms. The minimum absolute atomic E-state index is 0.0267. The Morgan fingerprint density at radius 1 is 1.27 bits per heavy atom. The van der Waals surface area contributed by atoms with Crippen LogP contribution in [0.25, 0.3) is 0 Å². The van der Waals surface area contributed by atoms with E-state index >= 15 is 0 Å². The molecule has 0 amide bonds. The first-order chi connectivity index (χ1) is 7.26. The lowest BCUT2D eigenvalue weighted by Gasteiger charge is -2.13. The second-order valence-electron chi connectivity index (χ2n) is 3.13. The molecule has 82 valence electrons. The van der Waals surface area contributed by atoms with E-state index in [4.69, 9.17) is 14.6 Å². The summed E-state index contributed by atoms with van der Waals surface area (Å²) in [5, 5.41) is 9.07.